The predicted octanol–water partition coefficient (Wildman–Crippen LogP) is 2.86. The van der Waals surface area contributed by atoms with Crippen LogP contribution < -0.4 is 9.64 Å². The van der Waals surface area contributed by atoms with Crippen molar-refractivity contribution in [1.82, 2.24) is 29.3 Å². The number of hydrogen-bond acceptors (Lipinski definition) is 9. The van der Waals surface area contributed by atoms with E-state index in [1.165, 1.54) is 0 Å². The van der Waals surface area contributed by atoms with Crippen molar-refractivity contribution >= 4 is 23.0 Å². The Kier molecular flexibility index (Phi) is 7.04. The molecule has 5 rings (SSSR count). The van der Waals surface area contributed by atoms with Gasteiger partial charge in [0.25, 0.3) is 0 Å². The third-order valence-electron chi connectivity index (χ3n) is 6.34. The van der Waals surface area contributed by atoms with E-state index in [1.54, 1.807) is 18.7 Å². The fraction of sp³-hybridized carbons (Fsp3) is 0.423. The fourth-order valence-corrected chi connectivity index (χ4v) is 4.57. The van der Waals surface area contributed by atoms with E-state index >= 15 is 0 Å². The maximum Gasteiger partial charge on any atom is 0.313 e. The molecule has 0 spiro atoms. The Morgan fingerprint density at radius 2 is 1.92 bits per heavy atom. The molecule has 1 aromatic carbocycles. The van der Waals surface area contributed by atoms with Crippen molar-refractivity contribution in [2.75, 3.05) is 44.9 Å². The molecule has 37 heavy (non-hydrogen) atoms. The highest BCUT2D eigenvalue weighted by Gasteiger charge is 2.24. The Hall–Kier alpha value is -3.99. The van der Waals surface area contributed by atoms with Crippen molar-refractivity contribution in [3.05, 3.63) is 36.3 Å². The van der Waals surface area contributed by atoms with Gasteiger partial charge in [-0.2, -0.15) is 5.10 Å². The minimum absolute atomic E-state index is 0.0717. The Balaban J connectivity index is 1.68. The number of aromatic nitrogens is 6. The molecule has 11 heteroatoms. The topological polar surface area (TPSA) is 109 Å². The second-order valence-electron chi connectivity index (χ2n) is 8.69. The van der Waals surface area contributed by atoms with Gasteiger partial charge in [-0.1, -0.05) is 0 Å². The number of nitrogens with zero attached hydrogens (tertiary/aromatic N) is 7. The highest BCUT2D eigenvalue weighted by Crippen LogP contribution is 2.34. The molecule has 0 saturated carbocycles. The number of hydrogen-bond donors (Lipinski definition) is 0. The molecular weight excluding hydrogens is 474 g/mol. The van der Waals surface area contributed by atoms with Crippen LogP contribution in [0.5, 0.6) is 5.75 Å². The summed E-state index contributed by atoms with van der Waals surface area (Å²) in [7, 11) is 3.52. The van der Waals surface area contributed by atoms with Crippen LogP contribution in [0.1, 0.15) is 19.7 Å². The number of carbonyl (C=O) groups is 1. The van der Waals surface area contributed by atoms with E-state index in [-0.39, 0.29) is 12.4 Å². The summed E-state index contributed by atoms with van der Waals surface area (Å²) in [5.74, 6) is 2.30. The monoisotopic (exact) mass is 505 g/mol. The van der Waals surface area contributed by atoms with Gasteiger partial charge < -0.3 is 23.7 Å². The van der Waals surface area contributed by atoms with Crippen LogP contribution in [0.3, 0.4) is 0 Å². The molecule has 0 amide bonds. The lowest BCUT2D eigenvalue weighted by Crippen LogP contribution is -2.37. The lowest BCUT2D eigenvalue weighted by Gasteiger charge is -2.28. The van der Waals surface area contributed by atoms with Crippen LogP contribution in [-0.2, 0) is 34.3 Å². The lowest BCUT2D eigenvalue weighted by atomic mass is 10.1. The summed E-state index contributed by atoms with van der Waals surface area (Å²) < 4.78 is 20.1. The first-order valence-corrected chi connectivity index (χ1v) is 12.5. The van der Waals surface area contributed by atoms with Gasteiger partial charge >= 0.3 is 5.97 Å². The van der Waals surface area contributed by atoms with E-state index in [0.29, 0.717) is 68.0 Å². The van der Waals surface area contributed by atoms with Gasteiger partial charge in [-0.15, -0.1) is 0 Å². The molecule has 4 aromatic rings. The second-order valence-corrected chi connectivity index (χ2v) is 8.69. The van der Waals surface area contributed by atoms with E-state index in [4.69, 9.17) is 29.2 Å². The maximum absolute atomic E-state index is 12.3. The Morgan fingerprint density at radius 1 is 1.11 bits per heavy atom. The number of fused-ring (bicyclic) bond motifs is 1. The summed E-state index contributed by atoms with van der Waals surface area (Å²) in [6.07, 6.45) is 1.97. The molecule has 3 aromatic heterocycles. The van der Waals surface area contributed by atoms with Crippen LogP contribution in [-0.4, -0.2) is 75.3 Å². The van der Waals surface area contributed by atoms with E-state index in [9.17, 15) is 4.79 Å². The van der Waals surface area contributed by atoms with E-state index in [0.717, 1.165) is 22.6 Å². The zero-order valence-electron chi connectivity index (χ0n) is 21.6. The van der Waals surface area contributed by atoms with E-state index in [2.05, 4.69) is 10.00 Å². The molecule has 1 aliphatic heterocycles. The van der Waals surface area contributed by atoms with Crippen LogP contribution in [0, 0.1) is 0 Å². The zero-order valence-corrected chi connectivity index (χ0v) is 21.6. The van der Waals surface area contributed by atoms with E-state index in [1.807, 2.05) is 49.0 Å². The molecule has 1 aliphatic rings. The first-order valence-electron chi connectivity index (χ1n) is 12.5. The molecule has 1 fully saturated rings. The second kappa shape index (κ2) is 10.6. The van der Waals surface area contributed by atoms with Crippen LogP contribution in [0.25, 0.3) is 33.8 Å². The first-order chi connectivity index (χ1) is 18.0. The summed E-state index contributed by atoms with van der Waals surface area (Å²) in [4.78, 5) is 29.3. The van der Waals surface area contributed by atoms with E-state index < -0.39 is 0 Å². The van der Waals surface area contributed by atoms with Crippen LogP contribution >= 0.6 is 0 Å². The van der Waals surface area contributed by atoms with Gasteiger partial charge in [-0.05, 0) is 38.1 Å². The highest BCUT2D eigenvalue weighted by molar-refractivity contribution is 5.87. The number of morpholine rings is 1. The quantitative estimate of drug-likeness (QED) is 0.334. The molecule has 0 bridgehead atoms. The maximum atomic E-state index is 12.3. The molecule has 4 heterocycles. The minimum atomic E-state index is -0.316. The molecule has 0 aliphatic carbocycles. The van der Waals surface area contributed by atoms with Crippen molar-refractivity contribution in [3.8, 4) is 28.4 Å². The van der Waals surface area contributed by atoms with Crippen molar-refractivity contribution < 1.29 is 19.0 Å². The Bertz CT molecular complexity index is 1420. The summed E-state index contributed by atoms with van der Waals surface area (Å²) in [5.41, 5.74) is 3.83. The van der Waals surface area contributed by atoms with Crippen molar-refractivity contribution in [3.63, 3.8) is 0 Å². The van der Waals surface area contributed by atoms with Gasteiger partial charge in [-0.3, -0.25) is 9.48 Å². The van der Waals surface area contributed by atoms with Gasteiger partial charge in [0.15, 0.2) is 22.8 Å². The summed E-state index contributed by atoms with van der Waals surface area (Å²) in [6.45, 7) is 7.34. The first kappa shape index (κ1) is 24.7. The number of carbonyl (C=O) groups excluding carboxylic acids is 1. The van der Waals surface area contributed by atoms with Crippen molar-refractivity contribution in [2.24, 2.45) is 7.05 Å². The molecular formula is C26H31N7O4. The Labute approximate surface area is 215 Å². The van der Waals surface area contributed by atoms with Crippen LogP contribution in [0.2, 0.25) is 0 Å². The smallest absolute Gasteiger partial charge is 0.313 e. The third kappa shape index (κ3) is 4.86. The number of anilines is 1. The summed E-state index contributed by atoms with van der Waals surface area (Å²) in [6, 6.07) is 7.79. The average Bonchev–Trinajstić information content (AvgIpc) is 3.51. The minimum Gasteiger partial charge on any atom is -0.496 e. The lowest BCUT2D eigenvalue weighted by molar-refractivity contribution is -0.142. The molecule has 0 atom stereocenters. The number of methoxy groups -OCH3 is 1. The SMILES string of the molecule is CCOC(=O)Cc1nc2c(N3CCOCC3)nc(-c3ccc(OC)c(-c4ccn(C)n4)c3)nc2n1CC. The number of esters is 1. The molecule has 11 nitrogen and oxygen atoms in total. The average molecular weight is 506 g/mol. The standard InChI is InChI=1S/C26H31N7O4/c1-5-33-21(16-22(34)37-6-2)27-23-25(32-11-13-36-14-12-32)28-24(29-26(23)33)17-7-8-20(35-4)18(15-17)19-9-10-31(3)30-19/h7-10,15H,5-6,11-14,16H2,1-4H3. The van der Waals surface area contributed by atoms with Gasteiger partial charge in [0, 0.05) is 44.0 Å². The Morgan fingerprint density at radius 3 is 2.59 bits per heavy atom. The predicted molar refractivity (Wildman–Crippen MR) is 139 cm³/mol. The van der Waals surface area contributed by atoms with Crippen molar-refractivity contribution in [1.29, 1.82) is 0 Å². The largest absolute Gasteiger partial charge is 0.496 e. The van der Waals surface area contributed by atoms with Crippen molar-refractivity contribution in [2.45, 2.75) is 26.8 Å². The molecule has 194 valence electrons. The highest BCUT2D eigenvalue weighted by atomic mass is 16.5. The van der Waals surface area contributed by atoms with Gasteiger partial charge in [0.1, 0.15) is 18.0 Å². The number of ether oxygens (including phenoxy) is 3. The van der Waals surface area contributed by atoms with Gasteiger partial charge in [-0.25, -0.2) is 15.0 Å². The number of imidazole rings is 1. The zero-order chi connectivity index (χ0) is 25.9. The van der Waals surface area contributed by atoms with Gasteiger partial charge in [0.05, 0.1) is 32.6 Å². The summed E-state index contributed by atoms with van der Waals surface area (Å²) >= 11 is 0. The molecule has 0 radical (unpaired) electrons. The van der Waals surface area contributed by atoms with Crippen LogP contribution in [0.4, 0.5) is 5.82 Å². The normalized spacial score (nSPS) is 13.8. The summed E-state index contributed by atoms with van der Waals surface area (Å²) in [5, 5.41) is 4.55. The fourth-order valence-electron chi connectivity index (χ4n) is 4.57. The molecule has 0 N–H and O–H groups in total. The number of rotatable bonds is 8. The van der Waals surface area contributed by atoms with Crippen LogP contribution in [0.15, 0.2) is 30.5 Å². The molecule has 1 saturated heterocycles. The van der Waals surface area contributed by atoms with Gasteiger partial charge in [0.2, 0.25) is 0 Å². The third-order valence-corrected chi connectivity index (χ3v) is 6.34. The number of benzene rings is 1. The number of aryl methyl sites for hydroxylation is 2. The molecule has 0 unspecified atom stereocenters.